The first-order valence-electron chi connectivity index (χ1n) is 12.6. The van der Waals surface area contributed by atoms with Crippen LogP contribution in [0.5, 0.6) is 5.75 Å². The van der Waals surface area contributed by atoms with Gasteiger partial charge in [0.05, 0.1) is 18.6 Å². The summed E-state index contributed by atoms with van der Waals surface area (Å²) in [6.07, 6.45) is -3.92. The molecule has 1 saturated carbocycles. The Morgan fingerprint density at radius 2 is 1.54 bits per heavy atom. The smallest absolute Gasteiger partial charge is 0.416 e. The van der Waals surface area contributed by atoms with Crippen LogP contribution in [0.1, 0.15) is 56.7 Å². The number of alkyl halides is 4. The summed E-state index contributed by atoms with van der Waals surface area (Å²) in [4.78, 5) is 40.9. The number of rotatable bonds is 10. The van der Waals surface area contributed by atoms with Gasteiger partial charge in [-0.25, -0.2) is 0 Å². The van der Waals surface area contributed by atoms with Crippen molar-refractivity contribution >= 4 is 29.3 Å². The molecule has 0 heterocycles. The Hall–Kier alpha value is -3.07. The molecule has 1 aliphatic carbocycles. The number of nitrogens with zero attached hydrogens (tertiary/aromatic N) is 1. The van der Waals surface area contributed by atoms with E-state index in [9.17, 15) is 27.6 Å². The normalized spacial score (nSPS) is 19.1. The second kappa shape index (κ2) is 12.0. The Morgan fingerprint density at radius 3 is 2.03 bits per heavy atom. The molecule has 0 aromatic heterocycles. The van der Waals surface area contributed by atoms with Gasteiger partial charge in [-0.2, -0.15) is 13.2 Å². The van der Waals surface area contributed by atoms with E-state index in [1.54, 1.807) is 40.0 Å². The van der Waals surface area contributed by atoms with E-state index in [1.165, 1.54) is 17.0 Å². The first kappa shape index (κ1) is 30.5. The van der Waals surface area contributed by atoms with Gasteiger partial charge in [0.15, 0.2) is 5.78 Å². The summed E-state index contributed by atoms with van der Waals surface area (Å²) in [5.41, 5.74) is -1.58. The molecule has 2 aromatic rings. The number of aryl methyl sites for hydroxylation is 1. The van der Waals surface area contributed by atoms with Gasteiger partial charge in [-0.15, -0.1) is 11.6 Å². The molecule has 39 heavy (non-hydrogen) atoms. The van der Waals surface area contributed by atoms with Gasteiger partial charge in [-0.3, -0.25) is 14.4 Å². The minimum Gasteiger partial charge on any atom is -0.497 e. The van der Waals surface area contributed by atoms with E-state index in [0.29, 0.717) is 17.7 Å². The van der Waals surface area contributed by atoms with Crippen LogP contribution in [0.4, 0.5) is 13.2 Å². The van der Waals surface area contributed by atoms with Gasteiger partial charge >= 0.3 is 12.1 Å². The Balaban J connectivity index is 1.88. The molecule has 0 unspecified atom stereocenters. The topological polar surface area (TPSA) is 72.9 Å². The monoisotopic (exact) mass is 567 g/mol. The van der Waals surface area contributed by atoms with Gasteiger partial charge in [-0.1, -0.05) is 24.3 Å². The molecule has 212 valence electrons. The van der Waals surface area contributed by atoms with Crippen LogP contribution in [-0.4, -0.2) is 46.7 Å². The van der Waals surface area contributed by atoms with E-state index in [-0.39, 0.29) is 31.6 Å². The van der Waals surface area contributed by atoms with Gasteiger partial charge in [-0.05, 0) is 75.4 Å². The SMILES string of the molecule is COc1ccc(CCC(=O)C2(N(Cc3ccc(C(F)(F)F)cc3)C(=O)CCl)CC(C(=O)OC(C)(C)C)C2)cc1. The summed E-state index contributed by atoms with van der Waals surface area (Å²) >= 11 is 5.92. The molecule has 3 rings (SSSR count). The zero-order valence-corrected chi connectivity index (χ0v) is 23.2. The molecule has 0 N–H and O–H groups in total. The molecule has 2 aromatic carbocycles. The van der Waals surface area contributed by atoms with Crippen molar-refractivity contribution in [2.45, 2.75) is 70.3 Å². The van der Waals surface area contributed by atoms with Crippen LogP contribution in [0.25, 0.3) is 0 Å². The molecule has 0 aliphatic heterocycles. The van der Waals surface area contributed by atoms with Crippen LogP contribution in [0.3, 0.4) is 0 Å². The van der Waals surface area contributed by atoms with Gasteiger partial charge in [0, 0.05) is 13.0 Å². The Bertz CT molecular complexity index is 1170. The van der Waals surface area contributed by atoms with Crippen molar-refractivity contribution < 1.29 is 37.0 Å². The average Bonchev–Trinajstić information content (AvgIpc) is 2.84. The maximum atomic E-state index is 13.8. The Kier molecular flexibility index (Phi) is 9.36. The van der Waals surface area contributed by atoms with Gasteiger partial charge < -0.3 is 14.4 Å². The van der Waals surface area contributed by atoms with Crippen LogP contribution in [0, 0.1) is 5.92 Å². The number of carbonyl (C=O) groups excluding carboxylic acids is 3. The molecule has 1 fully saturated rings. The minimum atomic E-state index is -4.50. The quantitative estimate of drug-likeness (QED) is 0.261. The maximum Gasteiger partial charge on any atom is 0.416 e. The van der Waals surface area contributed by atoms with E-state index >= 15 is 0 Å². The molecule has 0 atom stereocenters. The number of hydrogen-bond donors (Lipinski definition) is 0. The Morgan fingerprint density at radius 1 is 0.974 bits per heavy atom. The first-order chi connectivity index (χ1) is 18.2. The van der Waals surface area contributed by atoms with Crippen LogP contribution >= 0.6 is 11.6 Å². The van der Waals surface area contributed by atoms with E-state index in [2.05, 4.69) is 0 Å². The standard InChI is InChI=1S/C29H33ClF3NO5/c1-27(2,3)39-26(37)21-15-28(16-21,24(35)14-9-19-7-12-23(38-4)13-8-19)34(25(36)17-30)18-20-5-10-22(11-6-20)29(31,32)33/h5-8,10-13,21H,9,14-18H2,1-4H3. The zero-order valence-electron chi connectivity index (χ0n) is 22.4. The van der Waals surface area contributed by atoms with Gasteiger partial charge in [0.1, 0.15) is 22.8 Å². The summed E-state index contributed by atoms with van der Waals surface area (Å²) < 4.78 is 49.8. The molecule has 1 aliphatic rings. The molecule has 1 amide bonds. The third-order valence-electron chi connectivity index (χ3n) is 6.78. The summed E-state index contributed by atoms with van der Waals surface area (Å²) in [6.45, 7) is 5.10. The molecule has 0 spiro atoms. The number of hydrogen-bond acceptors (Lipinski definition) is 5. The highest BCUT2D eigenvalue weighted by Crippen LogP contribution is 2.46. The largest absolute Gasteiger partial charge is 0.497 e. The molecule has 10 heteroatoms. The van der Waals surface area contributed by atoms with Crippen molar-refractivity contribution in [2.24, 2.45) is 5.92 Å². The van der Waals surface area contributed by atoms with Crippen LogP contribution in [0.2, 0.25) is 0 Å². The fourth-order valence-electron chi connectivity index (χ4n) is 4.72. The average molecular weight is 568 g/mol. The van der Waals surface area contributed by atoms with Crippen molar-refractivity contribution in [3.63, 3.8) is 0 Å². The lowest BCUT2D eigenvalue weighted by molar-refractivity contribution is -0.176. The van der Waals surface area contributed by atoms with Crippen molar-refractivity contribution in [2.75, 3.05) is 13.0 Å². The number of benzene rings is 2. The minimum absolute atomic E-state index is 0.0482. The highest BCUT2D eigenvalue weighted by molar-refractivity contribution is 6.27. The summed E-state index contributed by atoms with van der Waals surface area (Å²) in [7, 11) is 1.55. The zero-order chi connectivity index (χ0) is 29.0. The number of ether oxygens (including phenoxy) is 2. The second-order valence-electron chi connectivity index (χ2n) is 10.7. The maximum absolute atomic E-state index is 13.8. The number of ketones is 1. The number of Topliss-reactive ketones (excluding diaryl/α,β-unsaturated/α-hetero) is 1. The number of halogens is 4. The molecule has 6 nitrogen and oxygen atoms in total. The lowest BCUT2D eigenvalue weighted by atomic mass is 9.63. The summed E-state index contributed by atoms with van der Waals surface area (Å²) in [5.74, 6) is -1.61. The van der Waals surface area contributed by atoms with Crippen LogP contribution in [-0.2, 0) is 38.3 Å². The third-order valence-corrected chi connectivity index (χ3v) is 7.01. The fourth-order valence-corrected chi connectivity index (χ4v) is 4.86. The van der Waals surface area contributed by atoms with Crippen molar-refractivity contribution in [1.82, 2.24) is 4.90 Å². The second-order valence-corrected chi connectivity index (χ2v) is 11.0. The molecule has 0 bridgehead atoms. The van der Waals surface area contributed by atoms with Crippen LogP contribution in [0.15, 0.2) is 48.5 Å². The molecule has 0 saturated heterocycles. The number of amides is 1. The highest BCUT2D eigenvalue weighted by Gasteiger charge is 2.57. The number of methoxy groups -OCH3 is 1. The van der Waals surface area contributed by atoms with E-state index in [1.807, 2.05) is 12.1 Å². The van der Waals surface area contributed by atoms with E-state index < -0.39 is 46.6 Å². The third kappa shape index (κ3) is 7.53. The van der Waals surface area contributed by atoms with Crippen molar-refractivity contribution in [3.05, 3.63) is 65.2 Å². The van der Waals surface area contributed by atoms with E-state index in [0.717, 1.165) is 17.7 Å². The van der Waals surface area contributed by atoms with E-state index in [4.69, 9.17) is 21.1 Å². The van der Waals surface area contributed by atoms with Gasteiger partial charge in [0.2, 0.25) is 5.91 Å². The first-order valence-corrected chi connectivity index (χ1v) is 13.1. The molecular weight excluding hydrogens is 535 g/mol. The molecule has 0 radical (unpaired) electrons. The summed E-state index contributed by atoms with van der Waals surface area (Å²) in [5, 5.41) is 0. The van der Waals surface area contributed by atoms with Crippen molar-refractivity contribution in [1.29, 1.82) is 0 Å². The number of carbonyl (C=O) groups is 3. The summed E-state index contributed by atoms with van der Waals surface area (Å²) in [6, 6.07) is 11.7. The van der Waals surface area contributed by atoms with Crippen molar-refractivity contribution in [3.8, 4) is 5.75 Å². The Labute approximate surface area is 231 Å². The highest BCUT2D eigenvalue weighted by atomic mass is 35.5. The fraction of sp³-hybridized carbons (Fsp3) is 0.483. The number of esters is 1. The lowest BCUT2D eigenvalue weighted by Crippen LogP contribution is -2.65. The van der Waals surface area contributed by atoms with Gasteiger partial charge in [0.25, 0.3) is 0 Å². The van der Waals surface area contributed by atoms with Crippen LogP contribution < -0.4 is 4.74 Å². The predicted molar refractivity (Wildman–Crippen MR) is 140 cm³/mol. The predicted octanol–water partition coefficient (Wildman–Crippen LogP) is 5.97. The molecular formula is C29H33ClF3NO5. The lowest BCUT2D eigenvalue weighted by Gasteiger charge is -2.52.